The van der Waals surface area contributed by atoms with Gasteiger partial charge in [0.25, 0.3) is 0 Å². The monoisotopic (exact) mass is 452 g/mol. The fourth-order valence-electron chi connectivity index (χ4n) is 3.65. The summed E-state index contributed by atoms with van der Waals surface area (Å²) in [5.41, 5.74) is 0.745. The summed E-state index contributed by atoms with van der Waals surface area (Å²) in [4.78, 5) is 13.0. The van der Waals surface area contributed by atoms with Crippen molar-refractivity contribution in [3.8, 4) is 0 Å². The van der Waals surface area contributed by atoms with Gasteiger partial charge >= 0.3 is 0 Å². The Balaban J connectivity index is 1.86. The van der Waals surface area contributed by atoms with E-state index >= 15 is 0 Å². The lowest BCUT2D eigenvalue weighted by Gasteiger charge is -2.18. The predicted molar refractivity (Wildman–Crippen MR) is 115 cm³/mol. The van der Waals surface area contributed by atoms with Crippen LogP contribution in [0.5, 0.6) is 0 Å². The summed E-state index contributed by atoms with van der Waals surface area (Å²) in [5, 5.41) is 3.38. The number of halogens is 2. The highest BCUT2D eigenvalue weighted by Gasteiger charge is 2.43. The normalized spacial score (nSPS) is 19.9. The molecule has 3 rings (SSSR count). The van der Waals surface area contributed by atoms with Crippen LogP contribution in [0, 0.1) is 17.7 Å². The van der Waals surface area contributed by atoms with Crippen LogP contribution in [0.1, 0.15) is 31.7 Å². The molecule has 2 aromatic carbocycles. The maximum atomic E-state index is 13.4. The Kier molecular flexibility index (Phi) is 7.16. The molecule has 1 saturated heterocycles. The predicted octanol–water partition coefficient (Wildman–Crippen LogP) is 4.05. The van der Waals surface area contributed by atoms with Gasteiger partial charge in [0.2, 0.25) is 15.9 Å². The third-order valence-electron chi connectivity index (χ3n) is 5.39. The van der Waals surface area contributed by atoms with Crippen LogP contribution in [0.4, 0.5) is 4.39 Å². The average molecular weight is 453 g/mol. The first kappa shape index (κ1) is 22.7. The lowest BCUT2D eigenvalue weighted by Crippen LogP contribution is -2.36. The molecule has 1 aliphatic heterocycles. The van der Waals surface area contributed by atoms with Crippen molar-refractivity contribution in [3.05, 3.63) is 64.9 Å². The van der Waals surface area contributed by atoms with Crippen LogP contribution in [-0.2, 0) is 14.8 Å². The summed E-state index contributed by atoms with van der Waals surface area (Å²) in [6, 6.07) is 11.9. The highest BCUT2D eigenvalue weighted by atomic mass is 35.5. The molecular weight excluding hydrogens is 427 g/mol. The van der Waals surface area contributed by atoms with Crippen molar-refractivity contribution >= 4 is 27.5 Å². The van der Waals surface area contributed by atoms with E-state index in [0.717, 1.165) is 12.0 Å². The number of sulfonamides is 1. The first-order valence-corrected chi connectivity index (χ1v) is 11.8. The van der Waals surface area contributed by atoms with E-state index in [1.165, 1.54) is 40.7 Å². The van der Waals surface area contributed by atoms with Crippen LogP contribution in [-0.4, -0.2) is 38.3 Å². The molecule has 8 heteroatoms. The molecule has 1 amide bonds. The highest BCUT2D eigenvalue weighted by molar-refractivity contribution is 7.89. The van der Waals surface area contributed by atoms with Gasteiger partial charge in [0.1, 0.15) is 5.82 Å². The number of amides is 1. The molecule has 1 N–H and O–H groups in total. The summed E-state index contributed by atoms with van der Waals surface area (Å²) in [7, 11) is -3.78. The van der Waals surface area contributed by atoms with Crippen molar-refractivity contribution in [1.29, 1.82) is 0 Å². The van der Waals surface area contributed by atoms with Gasteiger partial charge in [-0.25, -0.2) is 12.8 Å². The van der Waals surface area contributed by atoms with E-state index < -0.39 is 15.9 Å². The van der Waals surface area contributed by atoms with Crippen LogP contribution in [0.15, 0.2) is 53.4 Å². The molecule has 30 heavy (non-hydrogen) atoms. The van der Waals surface area contributed by atoms with E-state index in [4.69, 9.17) is 11.6 Å². The van der Waals surface area contributed by atoms with E-state index in [1.54, 1.807) is 12.1 Å². The maximum Gasteiger partial charge on any atom is 0.243 e. The molecule has 0 bridgehead atoms. The minimum atomic E-state index is -3.78. The van der Waals surface area contributed by atoms with Gasteiger partial charge in [-0.05, 0) is 54.3 Å². The van der Waals surface area contributed by atoms with Gasteiger partial charge in [-0.1, -0.05) is 37.6 Å². The standard InChI is InChI=1S/C22H26ClFN2O3S/c1-15(2)11-12-25-22(27)21-14-26(13-20(21)16-3-7-18(24)8-4-16)30(28,29)19-9-5-17(23)6-10-19/h3-10,15,20-21H,11-14H2,1-2H3,(H,25,27). The Labute approximate surface area is 182 Å². The van der Waals surface area contributed by atoms with Gasteiger partial charge in [-0.2, -0.15) is 4.31 Å². The van der Waals surface area contributed by atoms with Crippen LogP contribution in [0.3, 0.4) is 0 Å². The minimum absolute atomic E-state index is 0.0700. The van der Waals surface area contributed by atoms with Gasteiger partial charge in [-0.3, -0.25) is 4.79 Å². The third-order valence-corrected chi connectivity index (χ3v) is 7.49. The van der Waals surface area contributed by atoms with E-state index in [9.17, 15) is 17.6 Å². The Morgan fingerprint density at radius 2 is 1.77 bits per heavy atom. The van der Waals surface area contributed by atoms with Gasteiger partial charge in [0, 0.05) is 30.6 Å². The molecular formula is C22H26ClFN2O3S. The van der Waals surface area contributed by atoms with Crippen LogP contribution in [0.2, 0.25) is 5.02 Å². The zero-order valence-electron chi connectivity index (χ0n) is 17.0. The zero-order valence-corrected chi connectivity index (χ0v) is 18.6. The SMILES string of the molecule is CC(C)CCNC(=O)C1CN(S(=O)(=O)c2ccc(Cl)cc2)CC1c1ccc(F)cc1. The van der Waals surface area contributed by atoms with Crippen molar-refractivity contribution in [2.24, 2.45) is 11.8 Å². The Morgan fingerprint density at radius 3 is 2.37 bits per heavy atom. The number of hydrogen-bond acceptors (Lipinski definition) is 3. The fourth-order valence-corrected chi connectivity index (χ4v) is 5.27. The van der Waals surface area contributed by atoms with E-state index in [-0.39, 0.29) is 35.6 Å². The lowest BCUT2D eigenvalue weighted by molar-refractivity contribution is -0.124. The largest absolute Gasteiger partial charge is 0.356 e. The van der Waals surface area contributed by atoms with E-state index in [0.29, 0.717) is 17.5 Å². The van der Waals surface area contributed by atoms with Crippen LogP contribution in [0.25, 0.3) is 0 Å². The Hall–Kier alpha value is -1.96. The van der Waals surface area contributed by atoms with Gasteiger partial charge < -0.3 is 5.32 Å². The summed E-state index contributed by atoms with van der Waals surface area (Å²) in [6.45, 7) is 4.90. The van der Waals surface area contributed by atoms with Crippen molar-refractivity contribution in [3.63, 3.8) is 0 Å². The van der Waals surface area contributed by atoms with Crippen LogP contribution < -0.4 is 5.32 Å². The maximum absolute atomic E-state index is 13.4. The van der Waals surface area contributed by atoms with Crippen molar-refractivity contribution in [2.75, 3.05) is 19.6 Å². The smallest absolute Gasteiger partial charge is 0.243 e. The molecule has 1 fully saturated rings. The summed E-state index contributed by atoms with van der Waals surface area (Å²) in [6.07, 6.45) is 0.840. The van der Waals surface area contributed by atoms with E-state index in [1.807, 2.05) is 0 Å². The first-order chi connectivity index (χ1) is 14.2. The molecule has 0 aromatic heterocycles. The quantitative estimate of drug-likeness (QED) is 0.689. The summed E-state index contributed by atoms with van der Waals surface area (Å²) >= 11 is 5.88. The molecule has 2 unspecified atom stereocenters. The highest BCUT2D eigenvalue weighted by Crippen LogP contribution is 2.36. The number of hydrogen-bond donors (Lipinski definition) is 1. The molecule has 1 heterocycles. The molecule has 0 spiro atoms. The van der Waals surface area contributed by atoms with Gasteiger partial charge in [0.05, 0.1) is 10.8 Å². The van der Waals surface area contributed by atoms with Crippen molar-refractivity contribution in [1.82, 2.24) is 9.62 Å². The molecule has 162 valence electrons. The lowest BCUT2D eigenvalue weighted by atomic mass is 9.88. The van der Waals surface area contributed by atoms with Crippen molar-refractivity contribution in [2.45, 2.75) is 31.1 Å². The van der Waals surface area contributed by atoms with E-state index in [2.05, 4.69) is 19.2 Å². The average Bonchev–Trinajstić information content (AvgIpc) is 3.15. The van der Waals surface area contributed by atoms with Gasteiger partial charge in [-0.15, -0.1) is 0 Å². The number of nitrogens with zero attached hydrogens (tertiary/aromatic N) is 1. The number of carbonyl (C=O) groups excluding carboxylic acids is 1. The number of nitrogens with one attached hydrogen (secondary N) is 1. The second kappa shape index (κ2) is 9.45. The molecule has 5 nitrogen and oxygen atoms in total. The second-order valence-corrected chi connectivity index (χ2v) is 10.4. The summed E-state index contributed by atoms with van der Waals surface area (Å²) in [5.74, 6) is -1.01. The Bertz CT molecular complexity index is 978. The number of carbonyl (C=O) groups is 1. The molecule has 2 atom stereocenters. The first-order valence-electron chi connectivity index (χ1n) is 9.97. The fraction of sp³-hybridized carbons (Fsp3) is 0.409. The molecule has 0 saturated carbocycles. The van der Waals surface area contributed by atoms with Gasteiger partial charge in [0.15, 0.2) is 0 Å². The number of benzene rings is 2. The minimum Gasteiger partial charge on any atom is -0.356 e. The molecule has 0 aliphatic carbocycles. The topological polar surface area (TPSA) is 66.5 Å². The molecule has 0 radical (unpaired) electrons. The Morgan fingerprint density at radius 1 is 1.13 bits per heavy atom. The second-order valence-electron chi connectivity index (χ2n) is 8.01. The summed E-state index contributed by atoms with van der Waals surface area (Å²) < 4.78 is 41.0. The van der Waals surface area contributed by atoms with Crippen LogP contribution >= 0.6 is 11.6 Å². The zero-order chi connectivity index (χ0) is 21.9. The van der Waals surface area contributed by atoms with Crippen molar-refractivity contribution < 1.29 is 17.6 Å². The third kappa shape index (κ3) is 5.20. The molecule has 1 aliphatic rings. The molecule has 2 aromatic rings. The number of rotatable bonds is 7.